The lowest BCUT2D eigenvalue weighted by molar-refractivity contribution is -0.137. The van der Waals surface area contributed by atoms with Crippen molar-refractivity contribution in [1.82, 2.24) is 5.32 Å². The highest BCUT2D eigenvalue weighted by atomic mass is 19.4. The fourth-order valence-electron chi connectivity index (χ4n) is 2.43. The number of amides is 1. The van der Waals surface area contributed by atoms with E-state index >= 15 is 0 Å². The number of benzene rings is 1. The molecule has 0 radical (unpaired) electrons. The van der Waals surface area contributed by atoms with E-state index in [1.54, 1.807) is 0 Å². The summed E-state index contributed by atoms with van der Waals surface area (Å²) in [6.07, 6.45) is -3.45. The van der Waals surface area contributed by atoms with Gasteiger partial charge in [-0.15, -0.1) is 0 Å². The molecule has 0 spiro atoms. The van der Waals surface area contributed by atoms with E-state index < -0.39 is 29.8 Å². The molecule has 116 valence electrons. The molecule has 1 aliphatic heterocycles. The smallest absolute Gasteiger partial charge is 0.387 e. The summed E-state index contributed by atoms with van der Waals surface area (Å²) in [5, 5.41) is 11.5. The van der Waals surface area contributed by atoms with E-state index in [1.165, 1.54) is 12.1 Å². The Morgan fingerprint density at radius 3 is 2.48 bits per heavy atom. The molecule has 1 saturated heterocycles. The minimum Gasteiger partial charge on any atom is -0.387 e. The van der Waals surface area contributed by atoms with Crippen LogP contribution < -0.4 is 5.32 Å². The molecule has 0 saturated carbocycles. The van der Waals surface area contributed by atoms with Crippen molar-refractivity contribution >= 4 is 5.91 Å². The second-order valence-corrected chi connectivity index (χ2v) is 5.16. The summed E-state index contributed by atoms with van der Waals surface area (Å²) in [6, 6.07) is 4.83. The van der Waals surface area contributed by atoms with Crippen molar-refractivity contribution in [2.45, 2.75) is 24.6 Å². The van der Waals surface area contributed by atoms with E-state index in [0.29, 0.717) is 25.0 Å². The van der Waals surface area contributed by atoms with Gasteiger partial charge in [-0.1, -0.05) is 12.1 Å². The number of nitrogens with one attached hydrogen (secondary N) is 1. The Hall–Kier alpha value is -1.60. The molecule has 4 nitrogen and oxygen atoms in total. The Bertz CT molecular complexity index is 493. The molecule has 0 bridgehead atoms. The third-order valence-corrected chi connectivity index (χ3v) is 3.48. The number of hydrogen-bond donors (Lipinski definition) is 2. The van der Waals surface area contributed by atoms with E-state index in [4.69, 9.17) is 9.84 Å². The van der Waals surface area contributed by atoms with E-state index in [9.17, 15) is 18.0 Å². The summed E-state index contributed by atoms with van der Waals surface area (Å²) in [7, 11) is 0. The first-order valence-electron chi connectivity index (χ1n) is 6.50. The number of ether oxygens (including phenoxy) is 1. The normalized spacial score (nSPS) is 22.3. The van der Waals surface area contributed by atoms with Gasteiger partial charge in [-0.05, 0) is 30.5 Å². The molecule has 1 aliphatic rings. The predicted molar refractivity (Wildman–Crippen MR) is 68.5 cm³/mol. The molecule has 1 fully saturated rings. The number of aliphatic hydroxyl groups excluding tert-OH is 1. The van der Waals surface area contributed by atoms with E-state index in [-0.39, 0.29) is 6.61 Å². The van der Waals surface area contributed by atoms with Crippen molar-refractivity contribution in [1.29, 1.82) is 0 Å². The molecule has 1 aromatic rings. The van der Waals surface area contributed by atoms with Crippen LogP contribution in [0.5, 0.6) is 0 Å². The van der Waals surface area contributed by atoms with Gasteiger partial charge in [-0.3, -0.25) is 4.79 Å². The lowest BCUT2D eigenvalue weighted by Crippen LogP contribution is -2.51. The lowest BCUT2D eigenvalue weighted by Gasteiger charge is -2.28. The topological polar surface area (TPSA) is 58.6 Å². The number of aliphatic hydroxyl groups is 1. The van der Waals surface area contributed by atoms with Gasteiger partial charge in [-0.25, -0.2) is 0 Å². The van der Waals surface area contributed by atoms with Crippen LogP contribution in [0.2, 0.25) is 0 Å². The van der Waals surface area contributed by atoms with E-state index in [2.05, 4.69) is 5.32 Å². The lowest BCUT2D eigenvalue weighted by atomic mass is 9.89. The average molecular weight is 303 g/mol. The molecule has 21 heavy (non-hydrogen) atoms. The fourth-order valence-corrected chi connectivity index (χ4v) is 2.43. The quantitative estimate of drug-likeness (QED) is 0.886. The third kappa shape index (κ3) is 3.95. The van der Waals surface area contributed by atoms with Crippen molar-refractivity contribution in [2.75, 3.05) is 19.8 Å². The first-order valence-corrected chi connectivity index (χ1v) is 6.50. The Morgan fingerprint density at radius 1 is 1.33 bits per heavy atom. The van der Waals surface area contributed by atoms with Crippen LogP contribution in [0.3, 0.4) is 0 Å². The maximum Gasteiger partial charge on any atom is 0.416 e. The number of alkyl halides is 3. The van der Waals surface area contributed by atoms with Crippen LogP contribution in [0.25, 0.3) is 0 Å². The van der Waals surface area contributed by atoms with Gasteiger partial charge < -0.3 is 15.2 Å². The summed E-state index contributed by atoms with van der Waals surface area (Å²) in [4.78, 5) is 11.4. The molecular weight excluding hydrogens is 287 g/mol. The van der Waals surface area contributed by atoms with Gasteiger partial charge in [0.1, 0.15) is 6.61 Å². The highest BCUT2D eigenvalue weighted by Crippen LogP contribution is 2.30. The number of halogens is 3. The minimum atomic E-state index is -4.36. The fraction of sp³-hybridized carbons (Fsp3) is 0.500. The predicted octanol–water partition coefficient (Wildman–Crippen LogP) is 1.52. The molecule has 0 aromatic heterocycles. The van der Waals surface area contributed by atoms with Crippen molar-refractivity contribution < 1.29 is 27.8 Å². The van der Waals surface area contributed by atoms with Gasteiger partial charge in [0.25, 0.3) is 0 Å². The minimum absolute atomic E-state index is 0.278. The molecule has 1 heterocycles. The zero-order valence-corrected chi connectivity index (χ0v) is 11.2. The first-order chi connectivity index (χ1) is 9.85. The Morgan fingerprint density at radius 2 is 2.00 bits per heavy atom. The summed E-state index contributed by atoms with van der Waals surface area (Å²) >= 11 is 0. The van der Waals surface area contributed by atoms with Crippen molar-refractivity contribution in [3.8, 4) is 0 Å². The van der Waals surface area contributed by atoms with Crippen LogP contribution in [0.4, 0.5) is 13.2 Å². The molecule has 2 N–H and O–H groups in total. The summed E-state index contributed by atoms with van der Waals surface area (Å²) in [5.41, 5.74) is -0.700. The third-order valence-electron chi connectivity index (χ3n) is 3.48. The van der Waals surface area contributed by atoms with Crippen molar-refractivity contribution in [2.24, 2.45) is 0 Å². The van der Waals surface area contributed by atoms with Gasteiger partial charge in [0.15, 0.2) is 0 Å². The SMILES string of the molecule is O=C(CO)NC1(Cc2ccc(C(F)(F)F)cc2)CCOC1. The van der Waals surface area contributed by atoms with Crippen LogP contribution in [-0.4, -0.2) is 36.4 Å². The Labute approximate surface area is 119 Å². The molecule has 7 heteroatoms. The standard InChI is InChI=1S/C14H16F3NO3/c15-14(16,17)11-3-1-10(2-4-11)7-13(5-6-21-9-13)18-12(20)8-19/h1-4,19H,5-9H2,(H,18,20). The van der Waals surface area contributed by atoms with Crippen molar-refractivity contribution in [3.63, 3.8) is 0 Å². The van der Waals surface area contributed by atoms with Gasteiger partial charge in [0.05, 0.1) is 17.7 Å². The molecular formula is C14H16F3NO3. The number of carbonyl (C=O) groups excluding carboxylic acids is 1. The number of hydrogen-bond acceptors (Lipinski definition) is 3. The second kappa shape index (κ2) is 6.03. The van der Waals surface area contributed by atoms with Crippen LogP contribution in [0.1, 0.15) is 17.5 Å². The van der Waals surface area contributed by atoms with E-state index in [1.807, 2.05) is 0 Å². The Balaban J connectivity index is 2.12. The highest BCUT2D eigenvalue weighted by molar-refractivity contribution is 5.77. The number of rotatable bonds is 4. The highest BCUT2D eigenvalue weighted by Gasteiger charge is 2.37. The zero-order chi connectivity index (χ0) is 15.5. The molecule has 1 unspecified atom stereocenters. The maximum absolute atomic E-state index is 12.5. The molecule has 2 rings (SSSR count). The van der Waals surface area contributed by atoms with Gasteiger partial charge in [-0.2, -0.15) is 13.2 Å². The van der Waals surface area contributed by atoms with Gasteiger partial charge in [0, 0.05) is 6.61 Å². The molecule has 0 aliphatic carbocycles. The van der Waals surface area contributed by atoms with Crippen LogP contribution in [-0.2, 0) is 22.1 Å². The molecule has 1 atom stereocenters. The van der Waals surface area contributed by atoms with Gasteiger partial charge >= 0.3 is 6.18 Å². The maximum atomic E-state index is 12.5. The van der Waals surface area contributed by atoms with Crippen LogP contribution >= 0.6 is 0 Å². The zero-order valence-electron chi connectivity index (χ0n) is 11.2. The van der Waals surface area contributed by atoms with Gasteiger partial charge in [0.2, 0.25) is 5.91 Å². The van der Waals surface area contributed by atoms with E-state index in [0.717, 1.165) is 12.1 Å². The van der Waals surface area contributed by atoms with Crippen molar-refractivity contribution in [3.05, 3.63) is 35.4 Å². The number of carbonyl (C=O) groups is 1. The second-order valence-electron chi connectivity index (χ2n) is 5.16. The summed E-state index contributed by atoms with van der Waals surface area (Å²) in [5.74, 6) is -0.521. The first kappa shape index (κ1) is 15.8. The average Bonchev–Trinajstić information content (AvgIpc) is 2.86. The molecule has 1 aromatic carbocycles. The van der Waals surface area contributed by atoms with Crippen LogP contribution in [0, 0.1) is 0 Å². The molecule has 1 amide bonds. The largest absolute Gasteiger partial charge is 0.416 e. The Kier molecular flexibility index (Phi) is 4.53. The summed E-state index contributed by atoms with van der Waals surface area (Å²) in [6.45, 7) is 0.112. The monoisotopic (exact) mass is 303 g/mol. The van der Waals surface area contributed by atoms with Crippen LogP contribution in [0.15, 0.2) is 24.3 Å². The summed E-state index contributed by atoms with van der Waals surface area (Å²) < 4.78 is 42.8.